The van der Waals surface area contributed by atoms with Gasteiger partial charge >= 0.3 is 6.61 Å². The third-order valence-corrected chi connectivity index (χ3v) is 3.50. The van der Waals surface area contributed by atoms with Crippen molar-refractivity contribution in [3.05, 3.63) is 53.6 Å². The molecule has 0 N–H and O–H groups in total. The van der Waals surface area contributed by atoms with Crippen molar-refractivity contribution in [2.24, 2.45) is 0 Å². The van der Waals surface area contributed by atoms with Crippen LogP contribution in [0.15, 0.2) is 42.5 Å². The Morgan fingerprint density at radius 1 is 1.00 bits per heavy atom. The molecule has 2 aromatic carbocycles. The van der Waals surface area contributed by atoms with Crippen LogP contribution in [0.5, 0.6) is 11.5 Å². The van der Waals surface area contributed by atoms with Gasteiger partial charge < -0.3 is 9.47 Å². The van der Waals surface area contributed by atoms with Gasteiger partial charge in [-0.05, 0) is 31.2 Å². The van der Waals surface area contributed by atoms with Gasteiger partial charge in [0, 0.05) is 6.07 Å². The zero-order valence-electron chi connectivity index (χ0n) is 12.7. The molecule has 7 heteroatoms. The number of anilines is 1. The lowest BCUT2D eigenvalue weighted by molar-refractivity contribution is -0.0514. The summed E-state index contributed by atoms with van der Waals surface area (Å²) in [6.45, 7) is -1.11. The Kier molecular flexibility index (Phi) is 4.16. The predicted molar refractivity (Wildman–Crippen MR) is 81.8 cm³/mol. The molecule has 3 rings (SSSR count). The molecule has 0 fully saturated rings. The minimum atomic E-state index is -3.01. The summed E-state index contributed by atoms with van der Waals surface area (Å²) in [5.74, 6) is -1.07. The van der Waals surface area contributed by atoms with E-state index in [4.69, 9.17) is 4.74 Å². The summed E-state index contributed by atoms with van der Waals surface area (Å²) < 4.78 is 34.6. The smallest absolute Gasteiger partial charge is 0.387 e. The van der Waals surface area contributed by atoms with Crippen LogP contribution in [0.3, 0.4) is 0 Å². The molecule has 2 amide bonds. The zero-order valence-corrected chi connectivity index (χ0v) is 12.7. The second kappa shape index (κ2) is 6.27. The van der Waals surface area contributed by atoms with Gasteiger partial charge in [0.05, 0.1) is 23.4 Å². The SMILES string of the molecule is CCOc1cc(N2C(=O)c3ccccc3C2=O)ccc1OC(F)F. The van der Waals surface area contributed by atoms with Gasteiger partial charge in [-0.2, -0.15) is 8.78 Å². The van der Waals surface area contributed by atoms with Gasteiger partial charge in [0.1, 0.15) is 0 Å². The summed E-state index contributed by atoms with van der Waals surface area (Å²) in [6.07, 6.45) is 0. The highest BCUT2D eigenvalue weighted by atomic mass is 19.3. The van der Waals surface area contributed by atoms with E-state index >= 15 is 0 Å². The van der Waals surface area contributed by atoms with Crippen LogP contribution in [0.4, 0.5) is 14.5 Å². The number of hydrogen-bond donors (Lipinski definition) is 0. The van der Waals surface area contributed by atoms with E-state index in [1.165, 1.54) is 18.2 Å². The third-order valence-electron chi connectivity index (χ3n) is 3.50. The number of halogens is 2. The Balaban J connectivity index is 2.00. The number of amides is 2. The second-order valence-electron chi connectivity index (χ2n) is 4.93. The van der Waals surface area contributed by atoms with Crippen molar-refractivity contribution < 1.29 is 27.8 Å². The highest BCUT2D eigenvalue weighted by Crippen LogP contribution is 2.36. The number of alkyl halides is 2. The van der Waals surface area contributed by atoms with E-state index in [9.17, 15) is 18.4 Å². The average Bonchev–Trinajstić information content (AvgIpc) is 2.81. The van der Waals surface area contributed by atoms with Crippen LogP contribution in [0.2, 0.25) is 0 Å². The van der Waals surface area contributed by atoms with E-state index in [-0.39, 0.29) is 23.8 Å². The van der Waals surface area contributed by atoms with Crippen molar-refractivity contribution in [1.82, 2.24) is 0 Å². The summed E-state index contributed by atoms with van der Waals surface area (Å²) in [5, 5.41) is 0. The molecular formula is C17H13F2NO4. The highest BCUT2D eigenvalue weighted by molar-refractivity contribution is 6.34. The summed E-state index contributed by atoms with van der Waals surface area (Å²) in [4.78, 5) is 25.9. The average molecular weight is 333 g/mol. The molecule has 0 bridgehead atoms. The number of fused-ring (bicyclic) bond motifs is 1. The molecule has 1 aliphatic rings. The van der Waals surface area contributed by atoms with Crippen LogP contribution in [0.1, 0.15) is 27.6 Å². The Labute approximate surface area is 136 Å². The molecule has 5 nitrogen and oxygen atoms in total. The first-order chi connectivity index (χ1) is 11.5. The van der Waals surface area contributed by atoms with E-state index in [1.54, 1.807) is 31.2 Å². The molecule has 0 aromatic heterocycles. The van der Waals surface area contributed by atoms with E-state index in [0.717, 1.165) is 4.90 Å². The van der Waals surface area contributed by atoms with Gasteiger partial charge in [0.2, 0.25) is 0 Å². The normalized spacial score (nSPS) is 13.4. The Bertz CT molecular complexity index is 772. The number of carbonyl (C=O) groups excluding carboxylic acids is 2. The van der Waals surface area contributed by atoms with Crippen LogP contribution >= 0.6 is 0 Å². The minimum absolute atomic E-state index is 0.0341. The molecule has 1 aliphatic heterocycles. The summed E-state index contributed by atoms with van der Waals surface area (Å²) in [7, 11) is 0. The molecule has 1 heterocycles. The first-order valence-electron chi connectivity index (χ1n) is 7.22. The Hall–Kier alpha value is -2.96. The first-order valence-corrected chi connectivity index (χ1v) is 7.22. The molecule has 24 heavy (non-hydrogen) atoms. The molecular weight excluding hydrogens is 320 g/mol. The molecule has 0 saturated heterocycles. The van der Waals surface area contributed by atoms with Gasteiger partial charge in [-0.15, -0.1) is 0 Å². The highest BCUT2D eigenvalue weighted by Gasteiger charge is 2.36. The number of nitrogens with zero attached hydrogens (tertiary/aromatic N) is 1. The Morgan fingerprint density at radius 2 is 1.62 bits per heavy atom. The van der Waals surface area contributed by atoms with Crippen molar-refractivity contribution in [2.75, 3.05) is 11.5 Å². The molecule has 0 spiro atoms. The van der Waals surface area contributed by atoms with Crippen LogP contribution < -0.4 is 14.4 Å². The number of rotatable bonds is 5. The molecule has 2 aromatic rings. The lowest BCUT2D eigenvalue weighted by Gasteiger charge is -2.17. The lowest BCUT2D eigenvalue weighted by Crippen LogP contribution is -2.29. The number of carbonyl (C=O) groups is 2. The molecule has 124 valence electrons. The maximum absolute atomic E-state index is 12.5. The minimum Gasteiger partial charge on any atom is -0.490 e. The zero-order chi connectivity index (χ0) is 17.3. The summed E-state index contributed by atoms with van der Waals surface area (Å²) in [6, 6.07) is 10.4. The van der Waals surface area contributed by atoms with Crippen molar-refractivity contribution in [3.63, 3.8) is 0 Å². The summed E-state index contributed by atoms with van der Waals surface area (Å²) in [5.41, 5.74) is 0.827. The largest absolute Gasteiger partial charge is 0.490 e. The van der Waals surface area contributed by atoms with Crippen LogP contribution in [-0.2, 0) is 0 Å². The van der Waals surface area contributed by atoms with Crippen molar-refractivity contribution in [1.29, 1.82) is 0 Å². The van der Waals surface area contributed by atoms with Crippen LogP contribution in [0, 0.1) is 0 Å². The van der Waals surface area contributed by atoms with Crippen molar-refractivity contribution in [3.8, 4) is 11.5 Å². The molecule has 0 aliphatic carbocycles. The quantitative estimate of drug-likeness (QED) is 0.786. The van der Waals surface area contributed by atoms with Crippen LogP contribution in [0.25, 0.3) is 0 Å². The van der Waals surface area contributed by atoms with Gasteiger partial charge in [0.15, 0.2) is 11.5 Å². The molecule has 0 atom stereocenters. The fraction of sp³-hybridized carbons (Fsp3) is 0.176. The van der Waals surface area contributed by atoms with Gasteiger partial charge in [-0.3, -0.25) is 9.59 Å². The standard InChI is InChI=1S/C17H13F2NO4/c1-2-23-14-9-10(7-8-13(14)24-17(18)19)20-15(21)11-5-3-4-6-12(11)16(20)22/h3-9,17H,2H2,1H3. The van der Waals surface area contributed by atoms with Gasteiger partial charge in [-0.25, -0.2) is 4.90 Å². The van der Waals surface area contributed by atoms with Crippen LogP contribution in [-0.4, -0.2) is 25.0 Å². The summed E-state index contributed by atoms with van der Waals surface area (Å²) >= 11 is 0. The third kappa shape index (κ3) is 2.68. The van der Waals surface area contributed by atoms with E-state index in [0.29, 0.717) is 11.1 Å². The number of imide groups is 1. The van der Waals surface area contributed by atoms with E-state index in [1.807, 2.05) is 0 Å². The molecule has 0 saturated carbocycles. The maximum Gasteiger partial charge on any atom is 0.387 e. The second-order valence-corrected chi connectivity index (χ2v) is 4.93. The lowest BCUT2D eigenvalue weighted by atomic mass is 10.1. The fourth-order valence-electron chi connectivity index (χ4n) is 2.52. The first kappa shape index (κ1) is 15.9. The topological polar surface area (TPSA) is 55.8 Å². The van der Waals surface area contributed by atoms with Crippen molar-refractivity contribution in [2.45, 2.75) is 13.5 Å². The number of hydrogen-bond acceptors (Lipinski definition) is 4. The monoisotopic (exact) mass is 333 g/mol. The van der Waals surface area contributed by atoms with Gasteiger partial charge in [0.25, 0.3) is 11.8 Å². The number of ether oxygens (including phenoxy) is 2. The molecule has 0 unspecified atom stereocenters. The van der Waals surface area contributed by atoms with Crippen molar-refractivity contribution >= 4 is 17.5 Å². The maximum atomic E-state index is 12.5. The Morgan fingerprint density at radius 3 is 2.17 bits per heavy atom. The van der Waals surface area contributed by atoms with E-state index < -0.39 is 18.4 Å². The van der Waals surface area contributed by atoms with E-state index in [2.05, 4.69) is 4.74 Å². The fourth-order valence-corrected chi connectivity index (χ4v) is 2.52. The molecule has 0 radical (unpaired) electrons. The van der Waals surface area contributed by atoms with Gasteiger partial charge in [-0.1, -0.05) is 12.1 Å². The number of benzene rings is 2. The predicted octanol–water partition coefficient (Wildman–Crippen LogP) is 3.49.